The van der Waals surface area contributed by atoms with Crippen LogP contribution in [0.4, 0.5) is 5.69 Å². The first-order valence-electron chi connectivity index (χ1n) is 6.19. The van der Waals surface area contributed by atoms with Crippen molar-refractivity contribution in [2.45, 2.75) is 25.0 Å². The standard InChI is InChI=1S/C13H17NO4S/c1-9-4-5-11(13(15)16)12(7-9)14-8-10-3-2-6-19(10,17)18/h4-5,7,10,14H,2-3,6,8H2,1H3,(H,15,16). The molecule has 1 aromatic carbocycles. The van der Waals surface area contributed by atoms with Crippen molar-refractivity contribution in [1.29, 1.82) is 0 Å². The van der Waals surface area contributed by atoms with E-state index < -0.39 is 21.1 Å². The maximum Gasteiger partial charge on any atom is 0.337 e. The van der Waals surface area contributed by atoms with Gasteiger partial charge < -0.3 is 10.4 Å². The summed E-state index contributed by atoms with van der Waals surface area (Å²) < 4.78 is 23.4. The molecule has 0 amide bonds. The molecule has 0 spiro atoms. The maximum absolute atomic E-state index is 11.7. The highest BCUT2D eigenvalue weighted by Crippen LogP contribution is 2.22. The van der Waals surface area contributed by atoms with Crippen molar-refractivity contribution in [3.8, 4) is 0 Å². The lowest BCUT2D eigenvalue weighted by atomic mass is 10.1. The Hall–Kier alpha value is -1.56. The van der Waals surface area contributed by atoms with Crippen LogP contribution in [0, 0.1) is 6.92 Å². The number of nitrogens with one attached hydrogen (secondary N) is 1. The van der Waals surface area contributed by atoms with E-state index in [9.17, 15) is 13.2 Å². The van der Waals surface area contributed by atoms with Gasteiger partial charge in [0.1, 0.15) is 0 Å². The van der Waals surface area contributed by atoms with Crippen molar-refractivity contribution in [2.75, 3.05) is 17.6 Å². The number of carboxylic acids is 1. The van der Waals surface area contributed by atoms with Gasteiger partial charge >= 0.3 is 5.97 Å². The van der Waals surface area contributed by atoms with Crippen molar-refractivity contribution in [3.63, 3.8) is 0 Å². The maximum atomic E-state index is 11.7. The first kappa shape index (κ1) is 13.9. The fraction of sp³-hybridized carbons (Fsp3) is 0.462. The third-order valence-electron chi connectivity index (χ3n) is 3.39. The van der Waals surface area contributed by atoms with Gasteiger partial charge in [-0.05, 0) is 37.5 Å². The van der Waals surface area contributed by atoms with Crippen LogP contribution in [0.15, 0.2) is 18.2 Å². The summed E-state index contributed by atoms with van der Waals surface area (Å²) in [5.41, 5.74) is 1.58. The topological polar surface area (TPSA) is 83.5 Å². The summed E-state index contributed by atoms with van der Waals surface area (Å²) in [5, 5.41) is 11.7. The number of sulfone groups is 1. The Bertz CT molecular complexity index is 595. The number of rotatable bonds is 4. The molecule has 1 aromatic rings. The summed E-state index contributed by atoms with van der Waals surface area (Å²) in [4.78, 5) is 11.1. The molecule has 1 aliphatic heterocycles. The van der Waals surface area contributed by atoms with Crippen LogP contribution in [0.2, 0.25) is 0 Å². The number of aromatic carboxylic acids is 1. The van der Waals surface area contributed by atoms with E-state index in [2.05, 4.69) is 5.32 Å². The van der Waals surface area contributed by atoms with Crippen LogP contribution in [0.25, 0.3) is 0 Å². The minimum atomic E-state index is -3.01. The molecule has 1 aliphatic rings. The van der Waals surface area contributed by atoms with Crippen LogP contribution in [-0.4, -0.2) is 37.0 Å². The van der Waals surface area contributed by atoms with E-state index in [1.54, 1.807) is 12.1 Å². The minimum Gasteiger partial charge on any atom is -0.478 e. The van der Waals surface area contributed by atoms with Gasteiger partial charge in [0.15, 0.2) is 9.84 Å². The summed E-state index contributed by atoms with van der Waals surface area (Å²) in [7, 11) is -3.01. The molecule has 104 valence electrons. The molecule has 2 N–H and O–H groups in total. The molecule has 0 saturated carbocycles. The van der Waals surface area contributed by atoms with Gasteiger partial charge in [0, 0.05) is 12.2 Å². The molecule has 0 aromatic heterocycles. The lowest BCUT2D eigenvalue weighted by Crippen LogP contribution is -2.25. The SMILES string of the molecule is Cc1ccc(C(=O)O)c(NCC2CCCS2(=O)=O)c1. The molecule has 6 heteroatoms. The molecular weight excluding hydrogens is 266 g/mol. The van der Waals surface area contributed by atoms with Crippen molar-refractivity contribution >= 4 is 21.5 Å². The number of carboxylic acid groups (broad SMARTS) is 1. The molecule has 19 heavy (non-hydrogen) atoms. The van der Waals surface area contributed by atoms with Crippen molar-refractivity contribution in [2.24, 2.45) is 0 Å². The van der Waals surface area contributed by atoms with E-state index in [1.165, 1.54) is 6.07 Å². The van der Waals surface area contributed by atoms with Crippen LogP contribution < -0.4 is 5.32 Å². The van der Waals surface area contributed by atoms with E-state index in [4.69, 9.17) is 5.11 Å². The number of benzene rings is 1. The third kappa shape index (κ3) is 3.07. The number of anilines is 1. The molecule has 1 unspecified atom stereocenters. The van der Waals surface area contributed by atoms with Gasteiger partial charge in [-0.2, -0.15) is 0 Å². The first-order valence-corrected chi connectivity index (χ1v) is 7.91. The summed E-state index contributed by atoms with van der Waals surface area (Å²) in [6.45, 7) is 2.13. The smallest absolute Gasteiger partial charge is 0.337 e. The quantitative estimate of drug-likeness (QED) is 0.878. The van der Waals surface area contributed by atoms with Gasteiger partial charge in [-0.25, -0.2) is 13.2 Å². The van der Waals surface area contributed by atoms with Crippen LogP contribution in [0.3, 0.4) is 0 Å². The molecule has 0 radical (unpaired) electrons. The molecule has 1 saturated heterocycles. The molecule has 1 fully saturated rings. The summed E-state index contributed by atoms with van der Waals surface area (Å²) in [5.74, 6) is -0.782. The van der Waals surface area contributed by atoms with E-state index in [-0.39, 0.29) is 17.9 Å². The Balaban J connectivity index is 2.15. The molecule has 0 aliphatic carbocycles. The van der Waals surface area contributed by atoms with Crippen LogP contribution in [0.1, 0.15) is 28.8 Å². The lowest BCUT2D eigenvalue weighted by Gasteiger charge is -2.14. The number of hydrogen-bond donors (Lipinski definition) is 2. The van der Waals surface area contributed by atoms with E-state index in [1.807, 2.05) is 6.92 Å². The number of aryl methyl sites for hydroxylation is 1. The van der Waals surface area contributed by atoms with Gasteiger partial charge in [-0.1, -0.05) is 6.07 Å². The summed E-state index contributed by atoms with van der Waals surface area (Å²) in [6.07, 6.45) is 1.33. The van der Waals surface area contributed by atoms with Gasteiger partial charge in [0.05, 0.1) is 16.6 Å². The zero-order valence-electron chi connectivity index (χ0n) is 10.7. The van der Waals surface area contributed by atoms with E-state index in [0.717, 1.165) is 5.56 Å². The average Bonchev–Trinajstić information content (AvgIpc) is 2.65. The van der Waals surface area contributed by atoms with Gasteiger partial charge in [0.25, 0.3) is 0 Å². The minimum absolute atomic E-state index is 0.168. The Morgan fingerprint density at radius 1 is 1.47 bits per heavy atom. The first-order chi connectivity index (χ1) is 8.90. The van der Waals surface area contributed by atoms with Crippen LogP contribution >= 0.6 is 0 Å². The number of hydrogen-bond acceptors (Lipinski definition) is 4. The number of carbonyl (C=O) groups is 1. The Morgan fingerprint density at radius 3 is 2.79 bits per heavy atom. The predicted molar refractivity (Wildman–Crippen MR) is 73.4 cm³/mol. The average molecular weight is 283 g/mol. The van der Waals surface area contributed by atoms with E-state index in [0.29, 0.717) is 18.5 Å². The van der Waals surface area contributed by atoms with Gasteiger partial charge in [-0.15, -0.1) is 0 Å². The molecule has 5 nitrogen and oxygen atoms in total. The van der Waals surface area contributed by atoms with Gasteiger partial charge in [-0.3, -0.25) is 0 Å². The second-order valence-corrected chi connectivity index (χ2v) is 7.27. The molecule has 2 rings (SSSR count). The third-order valence-corrected chi connectivity index (χ3v) is 5.66. The highest BCUT2D eigenvalue weighted by Gasteiger charge is 2.31. The summed E-state index contributed by atoms with van der Waals surface area (Å²) in [6, 6.07) is 4.98. The summed E-state index contributed by atoms with van der Waals surface area (Å²) >= 11 is 0. The van der Waals surface area contributed by atoms with Crippen LogP contribution in [0.5, 0.6) is 0 Å². The Morgan fingerprint density at radius 2 is 2.21 bits per heavy atom. The Labute approximate surface area is 112 Å². The predicted octanol–water partition coefficient (Wildman–Crippen LogP) is 1.68. The fourth-order valence-electron chi connectivity index (χ4n) is 2.30. The lowest BCUT2D eigenvalue weighted by molar-refractivity contribution is 0.0698. The fourth-order valence-corrected chi connectivity index (χ4v) is 4.07. The highest BCUT2D eigenvalue weighted by atomic mass is 32.2. The van der Waals surface area contributed by atoms with Crippen LogP contribution in [-0.2, 0) is 9.84 Å². The molecular formula is C13H17NO4S. The monoisotopic (exact) mass is 283 g/mol. The van der Waals surface area contributed by atoms with Crippen molar-refractivity contribution in [1.82, 2.24) is 0 Å². The Kier molecular flexibility index (Phi) is 3.80. The molecule has 0 bridgehead atoms. The van der Waals surface area contributed by atoms with E-state index >= 15 is 0 Å². The second kappa shape index (κ2) is 5.21. The second-order valence-electron chi connectivity index (χ2n) is 4.87. The zero-order valence-corrected chi connectivity index (χ0v) is 11.5. The van der Waals surface area contributed by atoms with Crippen molar-refractivity contribution < 1.29 is 18.3 Å². The normalized spacial score (nSPS) is 21.2. The largest absolute Gasteiger partial charge is 0.478 e. The molecule has 1 atom stereocenters. The van der Waals surface area contributed by atoms with Gasteiger partial charge in [0.2, 0.25) is 0 Å². The zero-order chi connectivity index (χ0) is 14.0. The molecule has 1 heterocycles. The van der Waals surface area contributed by atoms with Crippen molar-refractivity contribution in [3.05, 3.63) is 29.3 Å². The highest BCUT2D eigenvalue weighted by molar-refractivity contribution is 7.92.